The van der Waals surface area contributed by atoms with Crippen LogP contribution >= 0.6 is 0 Å². The van der Waals surface area contributed by atoms with Gasteiger partial charge in [0.2, 0.25) is 5.91 Å². The summed E-state index contributed by atoms with van der Waals surface area (Å²) in [5, 5.41) is 2.86. The molecule has 0 saturated carbocycles. The van der Waals surface area contributed by atoms with E-state index in [2.05, 4.69) is 5.32 Å². The number of likely N-dealkylation sites (tertiary alicyclic amines) is 1. The standard InChI is InChI=1S/C24H25N3O4/c28-21(12-11-19-7-3-1-4-8-19)26-15-13-24(14-16-26)22(29)27(23(30)25-24)17-18-31-20-9-5-2-6-10-20/h1-12H,13-18H2,(H,25,30). The Balaban J connectivity index is 1.30. The number of nitrogens with one attached hydrogen (secondary N) is 1. The molecule has 2 aromatic carbocycles. The molecule has 4 rings (SSSR count). The summed E-state index contributed by atoms with van der Waals surface area (Å²) in [7, 11) is 0. The maximum absolute atomic E-state index is 13.0. The third-order valence-corrected chi connectivity index (χ3v) is 5.72. The lowest BCUT2D eigenvalue weighted by Gasteiger charge is -2.36. The largest absolute Gasteiger partial charge is 0.492 e. The van der Waals surface area contributed by atoms with E-state index in [-0.39, 0.29) is 25.0 Å². The number of para-hydroxylation sites is 1. The van der Waals surface area contributed by atoms with E-state index in [1.54, 1.807) is 17.1 Å². The molecular weight excluding hydrogens is 394 g/mol. The minimum absolute atomic E-state index is 0.0939. The van der Waals surface area contributed by atoms with Crippen molar-refractivity contribution >= 4 is 23.9 Å². The van der Waals surface area contributed by atoms with E-state index in [4.69, 9.17) is 4.74 Å². The Morgan fingerprint density at radius 2 is 1.65 bits per heavy atom. The lowest BCUT2D eigenvalue weighted by atomic mass is 9.87. The molecule has 0 atom stereocenters. The quantitative estimate of drug-likeness (QED) is 0.577. The van der Waals surface area contributed by atoms with Crippen LogP contribution in [0.2, 0.25) is 0 Å². The van der Waals surface area contributed by atoms with Gasteiger partial charge in [-0.3, -0.25) is 14.5 Å². The molecule has 31 heavy (non-hydrogen) atoms. The fourth-order valence-electron chi connectivity index (χ4n) is 3.94. The second-order valence-corrected chi connectivity index (χ2v) is 7.70. The van der Waals surface area contributed by atoms with Gasteiger partial charge in [0.25, 0.3) is 5.91 Å². The number of carbonyl (C=O) groups is 3. The summed E-state index contributed by atoms with van der Waals surface area (Å²) in [5.74, 6) is 0.365. The van der Waals surface area contributed by atoms with E-state index >= 15 is 0 Å². The van der Waals surface area contributed by atoms with Crippen molar-refractivity contribution in [1.29, 1.82) is 0 Å². The molecule has 2 aliphatic heterocycles. The van der Waals surface area contributed by atoms with Crippen LogP contribution in [-0.4, -0.2) is 59.4 Å². The number of carbonyl (C=O) groups excluding carboxylic acids is 3. The van der Waals surface area contributed by atoms with Gasteiger partial charge in [-0.15, -0.1) is 0 Å². The third-order valence-electron chi connectivity index (χ3n) is 5.72. The van der Waals surface area contributed by atoms with Gasteiger partial charge in [0.15, 0.2) is 0 Å². The van der Waals surface area contributed by atoms with Crippen molar-refractivity contribution in [2.45, 2.75) is 18.4 Å². The summed E-state index contributed by atoms with van der Waals surface area (Å²) in [5.41, 5.74) is 0.0277. The minimum Gasteiger partial charge on any atom is -0.492 e. The molecule has 7 nitrogen and oxygen atoms in total. The summed E-state index contributed by atoms with van der Waals surface area (Å²) in [6.45, 7) is 1.24. The second-order valence-electron chi connectivity index (χ2n) is 7.70. The highest BCUT2D eigenvalue weighted by molar-refractivity contribution is 6.07. The molecule has 2 fully saturated rings. The van der Waals surface area contributed by atoms with E-state index in [9.17, 15) is 14.4 Å². The number of ether oxygens (including phenoxy) is 1. The van der Waals surface area contributed by atoms with E-state index in [1.807, 2.05) is 60.7 Å². The van der Waals surface area contributed by atoms with Crippen LogP contribution in [0.4, 0.5) is 4.79 Å². The first-order valence-corrected chi connectivity index (χ1v) is 10.4. The van der Waals surface area contributed by atoms with Gasteiger partial charge in [0.1, 0.15) is 17.9 Å². The molecule has 0 radical (unpaired) electrons. The van der Waals surface area contributed by atoms with Gasteiger partial charge in [0.05, 0.1) is 6.54 Å². The van der Waals surface area contributed by atoms with Gasteiger partial charge < -0.3 is 15.0 Å². The summed E-state index contributed by atoms with van der Waals surface area (Å²) in [6.07, 6.45) is 4.14. The summed E-state index contributed by atoms with van der Waals surface area (Å²) in [6, 6.07) is 18.5. The van der Waals surface area contributed by atoms with Gasteiger partial charge in [-0.25, -0.2) is 4.79 Å². The van der Waals surface area contributed by atoms with Crippen molar-refractivity contribution in [3.63, 3.8) is 0 Å². The van der Waals surface area contributed by atoms with Crippen molar-refractivity contribution in [3.8, 4) is 5.75 Å². The molecule has 0 bridgehead atoms. The summed E-state index contributed by atoms with van der Waals surface area (Å²) >= 11 is 0. The topological polar surface area (TPSA) is 79.0 Å². The van der Waals surface area contributed by atoms with Crippen molar-refractivity contribution in [3.05, 3.63) is 72.3 Å². The van der Waals surface area contributed by atoms with Gasteiger partial charge >= 0.3 is 6.03 Å². The zero-order valence-electron chi connectivity index (χ0n) is 17.2. The average Bonchev–Trinajstić information content (AvgIpc) is 3.03. The van der Waals surface area contributed by atoms with Crippen molar-refractivity contribution in [1.82, 2.24) is 15.1 Å². The number of urea groups is 1. The molecule has 2 saturated heterocycles. The SMILES string of the molecule is O=C(C=Cc1ccccc1)N1CCC2(CC1)NC(=O)N(CCOc1ccccc1)C2=O. The molecule has 2 aromatic rings. The number of nitrogens with zero attached hydrogens (tertiary/aromatic N) is 2. The molecule has 0 aliphatic carbocycles. The second kappa shape index (κ2) is 9.04. The van der Waals surface area contributed by atoms with Crippen LogP contribution in [0, 0.1) is 0 Å². The van der Waals surface area contributed by atoms with E-state index in [0.29, 0.717) is 31.7 Å². The molecule has 160 valence electrons. The average molecular weight is 419 g/mol. The van der Waals surface area contributed by atoms with Crippen LogP contribution < -0.4 is 10.1 Å². The fourth-order valence-corrected chi connectivity index (χ4v) is 3.94. The number of hydrogen-bond acceptors (Lipinski definition) is 4. The molecule has 0 aromatic heterocycles. The molecule has 1 spiro atoms. The van der Waals surface area contributed by atoms with E-state index < -0.39 is 11.6 Å². The zero-order chi connectivity index (χ0) is 21.7. The number of benzene rings is 2. The van der Waals surface area contributed by atoms with Gasteiger partial charge in [0, 0.05) is 19.2 Å². The molecule has 0 unspecified atom stereocenters. The highest BCUT2D eigenvalue weighted by Crippen LogP contribution is 2.29. The highest BCUT2D eigenvalue weighted by Gasteiger charge is 2.52. The predicted molar refractivity (Wildman–Crippen MR) is 116 cm³/mol. The highest BCUT2D eigenvalue weighted by atomic mass is 16.5. The molecule has 4 amide bonds. The Morgan fingerprint density at radius 3 is 2.32 bits per heavy atom. The normalized spacial score (nSPS) is 17.9. The number of hydrogen-bond donors (Lipinski definition) is 1. The third kappa shape index (κ3) is 4.60. The first kappa shape index (κ1) is 20.7. The van der Waals surface area contributed by atoms with E-state index in [1.165, 1.54) is 4.90 Å². The van der Waals surface area contributed by atoms with Crippen LogP contribution in [0.15, 0.2) is 66.7 Å². The smallest absolute Gasteiger partial charge is 0.325 e. The first-order chi connectivity index (χ1) is 15.1. The van der Waals surface area contributed by atoms with Crippen LogP contribution in [-0.2, 0) is 9.59 Å². The Labute approximate surface area is 181 Å². The monoisotopic (exact) mass is 419 g/mol. The van der Waals surface area contributed by atoms with Crippen LogP contribution in [0.3, 0.4) is 0 Å². The Hall–Kier alpha value is -3.61. The number of rotatable bonds is 6. The van der Waals surface area contributed by atoms with Gasteiger partial charge in [-0.05, 0) is 36.6 Å². The van der Waals surface area contributed by atoms with Crippen LogP contribution in [0.1, 0.15) is 18.4 Å². The summed E-state index contributed by atoms with van der Waals surface area (Å²) in [4.78, 5) is 40.8. The molecule has 2 heterocycles. The Morgan fingerprint density at radius 1 is 1.00 bits per heavy atom. The first-order valence-electron chi connectivity index (χ1n) is 10.4. The summed E-state index contributed by atoms with van der Waals surface area (Å²) < 4.78 is 5.62. The Bertz CT molecular complexity index is 967. The van der Waals surface area contributed by atoms with Crippen molar-refractivity contribution in [2.75, 3.05) is 26.2 Å². The van der Waals surface area contributed by atoms with Gasteiger partial charge in [-0.1, -0.05) is 48.5 Å². The fraction of sp³-hybridized carbons (Fsp3) is 0.292. The number of imide groups is 1. The Kier molecular flexibility index (Phi) is 6.02. The number of amides is 4. The van der Waals surface area contributed by atoms with Gasteiger partial charge in [-0.2, -0.15) is 0 Å². The maximum atomic E-state index is 13.0. The van der Waals surface area contributed by atoms with Crippen LogP contribution in [0.5, 0.6) is 5.75 Å². The van der Waals surface area contributed by atoms with E-state index in [0.717, 1.165) is 5.56 Å². The molecule has 2 aliphatic rings. The van der Waals surface area contributed by atoms with Crippen molar-refractivity contribution in [2.24, 2.45) is 0 Å². The molecular formula is C24H25N3O4. The van der Waals surface area contributed by atoms with Crippen LogP contribution in [0.25, 0.3) is 6.08 Å². The minimum atomic E-state index is -0.927. The molecule has 1 N–H and O–H groups in total. The zero-order valence-corrected chi connectivity index (χ0v) is 17.2. The number of piperidine rings is 1. The maximum Gasteiger partial charge on any atom is 0.325 e. The van der Waals surface area contributed by atoms with Crippen molar-refractivity contribution < 1.29 is 19.1 Å². The lowest BCUT2D eigenvalue weighted by molar-refractivity contribution is -0.136. The molecule has 7 heteroatoms. The predicted octanol–water partition coefficient (Wildman–Crippen LogP) is 2.69. The lowest BCUT2D eigenvalue weighted by Crippen LogP contribution is -2.55.